The van der Waals surface area contributed by atoms with Crippen LogP contribution in [0, 0.1) is 6.92 Å². The van der Waals surface area contributed by atoms with Crippen LogP contribution in [0.5, 0.6) is 0 Å². The molecule has 1 N–H and O–H groups in total. The first-order valence-corrected chi connectivity index (χ1v) is 8.26. The Morgan fingerprint density at radius 2 is 1.90 bits per heavy atom. The van der Waals surface area contributed by atoms with Gasteiger partial charge in [-0.25, -0.2) is 0 Å². The van der Waals surface area contributed by atoms with Gasteiger partial charge in [-0.1, -0.05) is 71.4 Å². The van der Waals surface area contributed by atoms with Crippen LogP contribution in [-0.4, -0.2) is 11.7 Å². The van der Waals surface area contributed by atoms with Gasteiger partial charge in [-0.15, -0.1) is 0 Å². The number of anilines is 1. The van der Waals surface area contributed by atoms with Crippen LogP contribution in [0.15, 0.2) is 47.5 Å². The minimum absolute atomic E-state index is 0.344. The molecule has 3 rings (SSSR count). The SMILES string of the molecule is Cc1ccc(Cl)c(NC2=NCC(c3ccccc3)S2)c1Cl. The highest BCUT2D eigenvalue weighted by Gasteiger charge is 2.22. The Morgan fingerprint density at radius 1 is 1.14 bits per heavy atom. The maximum absolute atomic E-state index is 6.32. The number of benzene rings is 2. The van der Waals surface area contributed by atoms with E-state index in [4.69, 9.17) is 23.2 Å². The molecule has 1 aliphatic heterocycles. The van der Waals surface area contributed by atoms with E-state index in [-0.39, 0.29) is 0 Å². The average molecular weight is 337 g/mol. The smallest absolute Gasteiger partial charge is 0.161 e. The first-order valence-electron chi connectivity index (χ1n) is 6.63. The van der Waals surface area contributed by atoms with Crippen molar-refractivity contribution in [3.05, 3.63) is 63.6 Å². The lowest BCUT2D eigenvalue weighted by Gasteiger charge is -2.12. The van der Waals surface area contributed by atoms with E-state index in [2.05, 4.69) is 34.6 Å². The second-order valence-corrected chi connectivity index (χ2v) is 6.82. The zero-order valence-corrected chi connectivity index (χ0v) is 13.8. The number of aryl methyl sites for hydroxylation is 1. The van der Waals surface area contributed by atoms with Gasteiger partial charge in [-0.2, -0.15) is 0 Å². The number of halogens is 2. The van der Waals surface area contributed by atoms with Gasteiger partial charge >= 0.3 is 0 Å². The zero-order valence-electron chi connectivity index (χ0n) is 11.4. The fourth-order valence-electron chi connectivity index (χ4n) is 2.16. The van der Waals surface area contributed by atoms with Gasteiger partial charge in [0.05, 0.1) is 27.5 Å². The van der Waals surface area contributed by atoms with E-state index in [1.807, 2.05) is 25.1 Å². The molecule has 5 heteroatoms. The van der Waals surface area contributed by atoms with Gasteiger partial charge in [0.15, 0.2) is 5.17 Å². The highest BCUT2D eigenvalue weighted by molar-refractivity contribution is 8.14. The molecule has 0 aliphatic carbocycles. The zero-order chi connectivity index (χ0) is 14.8. The summed E-state index contributed by atoms with van der Waals surface area (Å²) in [6.45, 7) is 2.72. The van der Waals surface area contributed by atoms with Gasteiger partial charge in [0.1, 0.15) is 0 Å². The van der Waals surface area contributed by atoms with Crippen molar-refractivity contribution in [2.45, 2.75) is 12.2 Å². The number of amidine groups is 1. The Morgan fingerprint density at radius 3 is 2.67 bits per heavy atom. The summed E-state index contributed by atoms with van der Waals surface area (Å²) in [6, 6.07) is 14.1. The van der Waals surface area contributed by atoms with Crippen molar-refractivity contribution in [2.24, 2.45) is 4.99 Å². The standard InChI is InChI=1S/C16H14Cl2N2S/c1-10-7-8-12(17)15(14(10)18)20-16-19-9-13(21-16)11-5-3-2-4-6-11/h2-8,13H,9H2,1H3,(H,19,20). The lowest BCUT2D eigenvalue weighted by Crippen LogP contribution is -2.07. The van der Waals surface area contributed by atoms with Gasteiger partial charge < -0.3 is 5.32 Å². The number of hydrogen-bond acceptors (Lipinski definition) is 3. The minimum Gasteiger partial charge on any atom is -0.333 e. The molecule has 1 heterocycles. The molecule has 0 amide bonds. The molecule has 2 nitrogen and oxygen atoms in total. The van der Waals surface area contributed by atoms with Crippen molar-refractivity contribution < 1.29 is 0 Å². The van der Waals surface area contributed by atoms with E-state index in [1.165, 1.54) is 5.56 Å². The molecule has 0 spiro atoms. The predicted molar refractivity (Wildman–Crippen MR) is 93.9 cm³/mol. The molecule has 1 aliphatic rings. The van der Waals surface area contributed by atoms with Crippen molar-refractivity contribution in [1.82, 2.24) is 0 Å². The fraction of sp³-hybridized carbons (Fsp3) is 0.188. The van der Waals surface area contributed by atoms with Crippen LogP contribution >= 0.6 is 35.0 Å². The second kappa shape index (κ2) is 6.30. The van der Waals surface area contributed by atoms with Crippen molar-refractivity contribution in [2.75, 3.05) is 11.9 Å². The average Bonchev–Trinajstić information content (AvgIpc) is 2.97. The second-order valence-electron chi connectivity index (χ2n) is 4.84. The molecule has 0 saturated carbocycles. The predicted octanol–water partition coefficient (Wildman–Crippen LogP) is 5.56. The Labute approximate surface area is 138 Å². The van der Waals surface area contributed by atoms with Crippen molar-refractivity contribution in [3.63, 3.8) is 0 Å². The molecular weight excluding hydrogens is 323 g/mol. The van der Waals surface area contributed by atoms with Crippen LogP contribution in [0.1, 0.15) is 16.4 Å². The van der Waals surface area contributed by atoms with Crippen LogP contribution in [0.3, 0.4) is 0 Å². The van der Waals surface area contributed by atoms with Gasteiger partial charge in [0.2, 0.25) is 0 Å². The normalized spacial score (nSPS) is 17.7. The maximum Gasteiger partial charge on any atom is 0.161 e. The van der Waals surface area contributed by atoms with Crippen molar-refractivity contribution in [1.29, 1.82) is 0 Å². The number of nitrogens with one attached hydrogen (secondary N) is 1. The highest BCUT2D eigenvalue weighted by atomic mass is 35.5. The molecule has 0 bridgehead atoms. The number of hydrogen-bond donors (Lipinski definition) is 1. The summed E-state index contributed by atoms with van der Waals surface area (Å²) < 4.78 is 0. The van der Waals surface area contributed by atoms with Crippen LogP contribution in [0.4, 0.5) is 5.69 Å². The summed E-state index contributed by atoms with van der Waals surface area (Å²) in [5.74, 6) is 0. The Balaban J connectivity index is 1.75. The molecule has 1 unspecified atom stereocenters. The van der Waals surface area contributed by atoms with E-state index in [0.29, 0.717) is 15.3 Å². The number of rotatable bonds is 2. The molecule has 0 saturated heterocycles. The summed E-state index contributed by atoms with van der Waals surface area (Å²) in [4.78, 5) is 4.55. The third kappa shape index (κ3) is 3.20. The lowest BCUT2D eigenvalue weighted by molar-refractivity contribution is 0.966. The number of thioether (sulfide) groups is 1. The van der Waals surface area contributed by atoms with Crippen LogP contribution in [0.25, 0.3) is 0 Å². The van der Waals surface area contributed by atoms with Crippen LogP contribution in [-0.2, 0) is 0 Å². The quantitative estimate of drug-likeness (QED) is 0.776. The maximum atomic E-state index is 6.32. The Kier molecular flexibility index (Phi) is 4.43. The molecule has 21 heavy (non-hydrogen) atoms. The molecule has 108 valence electrons. The third-order valence-electron chi connectivity index (χ3n) is 3.34. The Bertz CT molecular complexity index is 686. The fourth-order valence-corrected chi connectivity index (χ4v) is 3.65. The molecule has 2 aromatic carbocycles. The first-order chi connectivity index (χ1) is 10.1. The number of aliphatic imine (C=N–C) groups is 1. The highest BCUT2D eigenvalue weighted by Crippen LogP contribution is 2.38. The monoisotopic (exact) mass is 336 g/mol. The van der Waals surface area contributed by atoms with Gasteiger partial charge in [0.25, 0.3) is 0 Å². The largest absolute Gasteiger partial charge is 0.333 e. The molecule has 0 fully saturated rings. The summed E-state index contributed by atoms with van der Waals surface area (Å²) in [5, 5.41) is 5.73. The summed E-state index contributed by atoms with van der Waals surface area (Å²) in [7, 11) is 0. The van der Waals surface area contributed by atoms with E-state index < -0.39 is 0 Å². The first kappa shape index (κ1) is 14.8. The van der Waals surface area contributed by atoms with E-state index >= 15 is 0 Å². The van der Waals surface area contributed by atoms with E-state index in [1.54, 1.807) is 11.8 Å². The Hall–Kier alpha value is -1.16. The van der Waals surface area contributed by atoms with Crippen molar-refractivity contribution in [3.8, 4) is 0 Å². The van der Waals surface area contributed by atoms with Crippen molar-refractivity contribution >= 4 is 45.8 Å². The summed E-state index contributed by atoms with van der Waals surface area (Å²) in [5.41, 5.74) is 3.01. The topological polar surface area (TPSA) is 24.4 Å². The molecular formula is C16H14Cl2N2S. The van der Waals surface area contributed by atoms with Gasteiger partial charge in [-0.05, 0) is 24.1 Å². The molecule has 0 aromatic heterocycles. The number of nitrogens with zero attached hydrogens (tertiary/aromatic N) is 1. The van der Waals surface area contributed by atoms with E-state index in [9.17, 15) is 0 Å². The van der Waals surface area contributed by atoms with Crippen LogP contribution < -0.4 is 5.32 Å². The van der Waals surface area contributed by atoms with Gasteiger partial charge in [0, 0.05) is 0 Å². The lowest BCUT2D eigenvalue weighted by atomic mass is 10.1. The van der Waals surface area contributed by atoms with E-state index in [0.717, 1.165) is 23.0 Å². The minimum atomic E-state index is 0.344. The molecule has 2 aromatic rings. The summed E-state index contributed by atoms with van der Waals surface area (Å²) in [6.07, 6.45) is 0. The van der Waals surface area contributed by atoms with Crippen LogP contribution in [0.2, 0.25) is 10.0 Å². The third-order valence-corrected chi connectivity index (χ3v) is 5.30. The summed E-state index contributed by atoms with van der Waals surface area (Å²) >= 11 is 14.2. The molecule has 1 atom stereocenters. The molecule has 0 radical (unpaired) electrons. The van der Waals surface area contributed by atoms with Gasteiger partial charge in [-0.3, -0.25) is 4.99 Å².